The van der Waals surface area contributed by atoms with Gasteiger partial charge in [0.05, 0.1) is 18.2 Å². The average Bonchev–Trinajstić information content (AvgIpc) is 2.54. The van der Waals surface area contributed by atoms with Gasteiger partial charge in [-0.15, -0.1) is 0 Å². The number of hydrogen-bond acceptors (Lipinski definition) is 3. The standard InChI is InChI=1S/C19H28FN3O2/c1-19(2)13-23(10-11-25-19)9-8-21-18(24)22-17-5-3-4-14-12-15(20)6-7-16(14)17/h6-7,12,17H,3-5,8-11,13H2,1-2H3,(H2,21,22,24). The van der Waals surface area contributed by atoms with Gasteiger partial charge in [-0.2, -0.15) is 0 Å². The van der Waals surface area contributed by atoms with E-state index in [1.165, 1.54) is 6.07 Å². The van der Waals surface area contributed by atoms with Crippen molar-refractivity contribution >= 4 is 6.03 Å². The number of hydrogen-bond donors (Lipinski definition) is 2. The van der Waals surface area contributed by atoms with Crippen LogP contribution in [0, 0.1) is 5.82 Å². The van der Waals surface area contributed by atoms with Gasteiger partial charge in [0, 0.05) is 26.2 Å². The molecule has 2 N–H and O–H groups in total. The maximum atomic E-state index is 13.4. The number of rotatable bonds is 4. The van der Waals surface area contributed by atoms with Gasteiger partial charge in [-0.25, -0.2) is 9.18 Å². The van der Waals surface area contributed by atoms with E-state index in [2.05, 4.69) is 29.4 Å². The van der Waals surface area contributed by atoms with Crippen molar-refractivity contribution in [3.63, 3.8) is 0 Å². The molecule has 1 aromatic carbocycles. The van der Waals surface area contributed by atoms with E-state index in [4.69, 9.17) is 4.74 Å². The van der Waals surface area contributed by atoms with Crippen molar-refractivity contribution in [2.24, 2.45) is 0 Å². The van der Waals surface area contributed by atoms with E-state index >= 15 is 0 Å². The average molecular weight is 349 g/mol. The number of halogens is 1. The van der Waals surface area contributed by atoms with Gasteiger partial charge in [0.25, 0.3) is 0 Å². The minimum absolute atomic E-state index is 0.0355. The Morgan fingerprint density at radius 3 is 3.08 bits per heavy atom. The molecule has 1 unspecified atom stereocenters. The first kappa shape index (κ1) is 18.1. The first-order chi connectivity index (χ1) is 11.9. The van der Waals surface area contributed by atoms with Gasteiger partial charge in [0.1, 0.15) is 5.82 Å². The molecule has 2 amide bonds. The van der Waals surface area contributed by atoms with E-state index < -0.39 is 0 Å². The summed E-state index contributed by atoms with van der Waals surface area (Å²) in [6, 6.07) is 4.66. The Bertz CT molecular complexity index is 621. The number of morpholine rings is 1. The normalized spacial score (nSPS) is 22.9. The van der Waals surface area contributed by atoms with Crippen LogP contribution in [0.4, 0.5) is 9.18 Å². The number of nitrogens with zero attached hydrogens (tertiary/aromatic N) is 1. The zero-order valence-electron chi connectivity index (χ0n) is 15.1. The number of amides is 2. The quantitative estimate of drug-likeness (QED) is 0.879. The summed E-state index contributed by atoms with van der Waals surface area (Å²) in [6.07, 6.45) is 2.73. The lowest BCUT2D eigenvalue weighted by Crippen LogP contribution is -2.50. The van der Waals surface area contributed by atoms with Crippen LogP contribution in [0.5, 0.6) is 0 Å². The SMILES string of the molecule is CC1(C)CN(CCNC(=O)NC2CCCc3cc(F)ccc32)CCO1. The molecule has 0 radical (unpaired) electrons. The summed E-state index contributed by atoms with van der Waals surface area (Å²) in [5, 5.41) is 5.97. The van der Waals surface area contributed by atoms with E-state index in [1.807, 2.05) is 0 Å². The lowest BCUT2D eigenvalue weighted by atomic mass is 9.88. The zero-order valence-corrected chi connectivity index (χ0v) is 15.1. The van der Waals surface area contributed by atoms with Gasteiger partial charge in [-0.05, 0) is 56.4 Å². The summed E-state index contributed by atoms with van der Waals surface area (Å²) >= 11 is 0. The molecule has 1 heterocycles. The van der Waals surface area contributed by atoms with Gasteiger partial charge >= 0.3 is 6.03 Å². The zero-order chi connectivity index (χ0) is 17.9. The van der Waals surface area contributed by atoms with E-state index in [0.717, 1.165) is 56.6 Å². The fourth-order valence-corrected chi connectivity index (χ4v) is 3.77. The highest BCUT2D eigenvalue weighted by Crippen LogP contribution is 2.30. The monoisotopic (exact) mass is 349 g/mol. The summed E-state index contributed by atoms with van der Waals surface area (Å²) in [7, 11) is 0. The molecule has 25 heavy (non-hydrogen) atoms. The molecule has 1 aromatic rings. The topological polar surface area (TPSA) is 53.6 Å². The number of carbonyl (C=O) groups excluding carboxylic acids is 1. The first-order valence-corrected chi connectivity index (χ1v) is 9.12. The van der Waals surface area contributed by atoms with Crippen LogP contribution in [0.25, 0.3) is 0 Å². The number of ether oxygens (including phenoxy) is 1. The molecule has 1 saturated heterocycles. The fourth-order valence-electron chi connectivity index (χ4n) is 3.77. The smallest absolute Gasteiger partial charge is 0.315 e. The maximum absolute atomic E-state index is 13.4. The van der Waals surface area contributed by atoms with Gasteiger partial charge < -0.3 is 15.4 Å². The summed E-state index contributed by atoms with van der Waals surface area (Å²) in [5.41, 5.74) is 1.92. The van der Waals surface area contributed by atoms with Crippen molar-refractivity contribution in [2.75, 3.05) is 32.8 Å². The van der Waals surface area contributed by atoms with Crippen LogP contribution in [0.3, 0.4) is 0 Å². The minimum atomic E-state index is -0.211. The summed E-state index contributed by atoms with van der Waals surface area (Å²) in [5.74, 6) is -0.211. The molecular weight excluding hydrogens is 321 g/mol. The molecule has 3 rings (SSSR count). The molecule has 0 saturated carbocycles. The molecule has 1 aliphatic carbocycles. The van der Waals surface area contributed by atoms with Gasteiger partial charge in [0.15, 0.2) is 0 Å². The van der Waals surface area contributed by atoms with Crippen LogP contribution in [0.1, 0.15) is 43.9 Å². The number of benzene rings is 1. The van der Waals surface area contributed by atoms with Crippen molar-refractivity contribution in [2.45, 2.75) is 44.8 Å². The fraction of sp³-hybridized carbons (Fsp3) is 0.632. The van der Waals surface area contributed by atoms with E-state index in [0.29, 0.717) is 6.54 Å². The second-order valence-electron chi connectivity index (χ2n) is 7.57. The Balaban J connectivity index is 1.46. The van der Waals surface area contributed by atoms with Crippen LogP contribution >= 0.6 is 0 Å². The predicted octanol–water partition coefficient (Wildman–Crippen LogP) is 2.61. The summed E-state index contributed by atoms with van der Waals surface area (Å²) in [4.78, 5) is 14.5. The molecule has 5 nitrogen and oxygen atoms in total. The molecule has 0 bridgehead atoms. The number of fused-ring (bicyclic) bond motifs is 1. The Hall–Kier alpha value is -1.66. The van der Waals surface area contributed by atoms with Crippen molar-refractivity contribution in [1.82, 2.24) is 15.5 Å². The number of carbonyl (C=O) groups is 1. The summed E-state index contributed by atoms with van der Waals surface area (Å²) < 4.78 is 19.1. The highest BCUT2D eigenvalue weighted by molar-refractivity contribution is 5.74. The first-order valence-electron chi connectivity index (χ1n) is 9.12. The lowest BCUT2D eigenvalue weighted by molar-refractivity contribution is -0.0852. The van der Waals surface area contributed by atoms with Crippen molar-refractivity contribution < 1.29 is 13.9 Å². The van der Waals surface area contributed by atoms with Crippen LogP contribution in [-0.2, 0) is 11.2 Å². The van der Waals surface area contributed by atoms with E-state index in [1.54, 1.807) is 12.1 Å². The highest BCUT2D eigenvalue weighted by Gasteiger charge is 2.27. The lowest BCUT2D eigenvalue weighted by Gasteiger charge is -2.38. The Kier molecular flexibility index (Phi) is 5.59. The number of aryl methyl sites for hydroxylation is 1. The largest absolute Gasteiger partial charge is 0.373 e. The van der Waals surface area contributed by atoms with Crippen LogP contribution < -0.4 is 10.6 Å². The minimum Gasteiger partial charge on any atom is -0.373 e. The van der Waals surface area contributed by atoms with Crippen LogP contribution in [0.2, 0.25) is 0 Å². The van der Waals surface area contributed by atoms with Crippen molar-refractivity contribution in [3.8, 4) is 0 Å². The summed E-state index contributed by atoms with van der Waals surface area (Å²) in [6.45, 7) is 8.09. The molecule has 1 aliphatic heterocycles. The third kappa shape index (κ3) is 4.92. The molecule has 138 valence electrons. The predicted molar refractivity (Wildman–Crippen MR) is 95.1 cm³/mol. The van der Waals surface area contributed by atoms with Crippen molar-refractivity contribution in [1.29, 1.82) is 0 Å². The molecule has 0 aromatic heterocycles. The van der Waals surface area contributed by atoms with Gasteiger partial charge in [0.2, 0.25) is 0 Å². The second kappa shape index (κ2) is 7.70. The van der Waals surface area contributed by atoms with E-state index in [-0.39, 0.29) is 23.5 Å². The van der Waals surface area contributed by atoms with Crippen molar-refractivity contribution in [3.05, 3.63) is 35.1 Å². The Morgan fingerprint density at radius 1 is 1.44 bits per heavy atom. The van der Waals surface area contributed by atoms with Gasteiger partial charge in [-0.3, -0.25) is 4.90 Å². The molecule has 0 spiro atoms. The molecular formula is C19H28FN3O2. The number of nitrogens with one attached hydrogen (secondary N) is 2. The van der Waals surface area contributed by atoms with Gasteiger partial charge in [-0.1, -0.05) is 6.07 Å². The Morgan fingerprint density at radius 2 is 2.28 bits per heavy atom. The molecule has 2 aliphatic rings. The molecule has 1 fully saturated rings. The van der Waals surface area contributed by atoms with Crippen LogP contribution in [-0.4, -0.2) is 49.3 Å². The third-order valence-electron chi connectivity index (χ3n) is 4.94. The van der Waals surface area contributed by atoms with E-state index in [9.17, 15) is 9.18 Å². The van der Waals surface area contributed by atoms with Crippen LogP contribution in [0.15, 0.2) is 18.2 Å². The Labute approximate surface area is 148 Å². The maximum Gasteiger partial charge on any atom is 0.315 e. The second-order valence-corrected chi connectivity index (χ2v) is 7.57. The number of urea groups is 1. The molecule has 6 heteroatoms. The molecule has 1 atom stereocenters. The highest BCUT2D eigenvalue weighted by atomic mass is 19.1. The third-order valence-corrected chi connectivity index (χ3v) is 4.94.